The molecule has 0 bridgehead atoms. The maximum atomic E-state index is 12.1. The number of ether oxygens (including phenoxy) is 1. The maximum Gasteiger partial charge on any atom is 0.222 e. The minimum absolute atomic E-state index is 0.229. The van der Waals surface area contributed by atoms with Gasteiger partial charge in [0.1, 0.15) is 0 Å². The zero-order chi connectivity index (χ0) is 14.8. The third kappa shape index (κ3) is 3.34. The van der Waals surface area contributed by atoms with Crippen LogP contribution in [0.3, 0.4) is 0 Å². The summed E-state index contributed by atoms with van der Waals surface area (Å²) in [4.78, 5) is 16.6. The molecule has 2 rings (SSSR count). The predicted octanol–water partition coefficient (Wildman–Crippen LogP) is 1.99. The first-order chi connectivity index (χ1) is 9.47. The lowest BCUT2D eigenvalue weighted by Gasteiger charge is -2.58. The summed E-state index contributed by atoms with van der Waals surface area (Å²) in [6.45, 7) is 10.9. The summed E-state index contributed by atoms with van der Waals surface area (Å²) < 4.78 is 5.60. The zero-order valence-electron chi connectivity index (χ0n) is 13.5. The summed E-state index contributed by atoms with van der Waals surface area (Å²) >= 11 is 0. The first kappa shape index (κ1) is 15.8. The van der Waals surface area contributed by atoms with Gasteiger partial charge in [0.05, 0.1) is 5.54 Å². The predicted molar refractivity (Wildman–Crippen MR) is 80.6 cm³/mol. The van der Waals surface area contributed by atoms with E-state index in [4.69, 9.17) is 4.74 Å². The third-order valence-electron chi connectivity index (χ3n) is 4.81. The molecule has 0 unspecified atom stereocenters. The van der Waals surface area contributed by atoms with E-state index in [2.05, 4.69) is 32.7 Å². The topological polar surface area (TPSA) is 32.8 Å². The molecule has 4 heteroatoms. The van der Waals surface area contributed by atoms with Crippen LogP contribution in [0.4, 0.5) is 0 Å². The van der Waals surface area contributed by atoms with Crippen molar-refractivity contribution in [2.75, 3.05) is 39.9 Å². The minimum atomic E-state index is 0.229. The van der Waals surface area contributed by atoms with Gasteiger partial charge in [-0.05, 0) is 45.2 Å². The second-order valence-electron chi connectivity index (χ2n) is 7.01. The molecule has 1 spiro atoms. The van der Waals surface area contributed by atoms with Crippen molar-refractivity contribution >= 4 is 5.91 Å². The second-order valence-corrected chi connectivity index (χ2v) is 7.01. The van der Waals surface area contributed by atoms with Crippen LogP contribution in [0.15, 0.2) is 0 Å². The fraction of sp³-hybridized carbons (Fsp3) is 0.938. The zero-order valence-corrected chi connectivity index (χ0v) is 13.5. The summed E-state index contributed by atoms with van der Waals surface area (Å²) in [5.41, 5.74) is 0.229. The van der Waals surface area contributed by atoms with Crippen LogP contribution in [-0.2, 0) is 9.53 Å². The van der Waals surface area contributed by atoms with Gasteiger partial charge in [-0.1, -0.05) is 13.8 Å². The van der Waals surface area contributed by atoms with Crippen LogP contribution in [0.5, 0.6) is 0 Å². The summed E-state index contributed by atoms with van der Waals surface area (Å²) in [5, 5.41) is 0. The normalized spacial score (nSPS) is 26.1. The molecular weight excluding hydrogens is 252 g/mol. The number of amides is 1. The molecule has 0 N–H and O–H groups in total. The van der Waals surface area contributed by atoms with E-state index in [0.29, 0.717) is 24.2 Å². The Morgan fingerprint density at radius 3 is 2.70 bits per heavy atom. The van der Waals surface area contributed by atoms with E-state index in [1.807, 2.05) is 4.90 Å². The Morgan fingerprint density at radius 1 is 1.40 bits per heavy atom. The number of likely N-dealkylation sites (tertiary alicyclic amines) is 2. The van der Waals surface area contributed by atoms with Crippen molar-refractivity contribution in [2.45, 2.75) is 45.6 Å². The van der Waals surface area contributed by atoms with Crippen molar-refractivity contribution in [1.29, 1.82) is 0 Å². The molecular formula is C16H30N2O2. The Labute approximate surface area is 123 Å². The quantitative estimate of drug-likeness (QED) is 0.773. The molecule has 1 atom stereocenters. The molecule has 2 fully saturated rings. The first-order valence-electron chi connectivity index (χ1n) is 8.03. The molecule has 2 aliphatic heterocycles. The lowest BCUT2D eigenvalue weighted by Crippen LogP contribution is -2.72. The van der Waals surface area contributed by atoms with E-state index in [1.54, 1.807) is 0 Å². The second kappa shape index (κ2) is 6.44. The van der Waals surface area contributed by atoms with E-state index in [1.165, 1.54) is 12.8 Å². The van der Waals surface area contributed by atoms with Crippen LogP contribution in [0.25, 0.3) is 0 Å². The van der Waals surface area contributed by atoms with Gasteiger partial charge in [0.2, 0.25) is 5.91 Å². The summed E-state index contributed by atoms with van der Waals surface area (Å²) in [5.74, 6) is 1.44. The van der Waals surface area contributed by atoms with Crippen molar-refractivity contribution in [3.63, 3.8) is 0 Å². The number of piperidine rings is 1. The van der Waals surface area contributed by atoms with Crippen molar-refractivity contribution < 1.29 is 9.53 Å². The van der Waals surface area contributed by atoms with Gasteiger partial charge >= 0.3 is 0 Å². The molecule has 2 saturated heterocycles. The summed E-state index contributed by atoms with van der Waals surface area (Å²) in [7, 11) is 2.21. The number of carbonyl (C=O) groups excluding carboxylic acids is 1. The van der Waals surface area contributed by atoms with Crippen LogP contribution in [0.1, 0.15) is 40.0 Å². The number of likely N-dealkylation sites (N-methyl/N-ethyl adjacent to an activating group) is 1. The van der Waals surface area contributed by atoms with Crippen molar-refractivity contribution in [1.82, 2.24) is 9.80 Å². The maximum absolute atomic E-state index is 12.1. The van der Waals surface area contributed by atoms with Crippen molar-refractivity contribution in [3.05, 3.63) is 0 Å². The molecule has 2 heterocycles. The van der Waals surface area contributed by atoms with E-state index in [0.717, 1.165) is 32.8 Å². The highest BCUT2D eigenvalue weighted by Gasteiger charge is 2.50. The number of hydrogen-bond acceptors (Lipinski definition) is 3. The fourth-order valence-electron chi connectivity index (χ4n) is 3.52. The molecule has 116 valence electrons. The van der Waals surface area contributed by atoms with Crippen LogP contribution in [0, 0.1) is 11.8 Å². The number of rotatable bonds is 5. The Bertz CT molecular complexity index is 335. The van der Waals surface area contributed by atoms with Gasteiger partial charge in [-0.3, -0.25) is 9.69 Å². The fourth-order valence-corrected chi connectivity index (χ4v) is 3.52. The Hall–Kier alpha value is -0.610. The van der Waals surface area contributed by atoms with Crippen LogP contribution < -0.4 is 0 Å². The number of hydrogen-bond donors (Lipinski definition) is 0. The molecule has 0 saturated carbocycles. The molecule has 1 amide bonds. The molecule has 2 aliphatic rings. The molecule has 0 aromatic rings. The Morgan fingerprint density at radius 2 is 2.10 bits per heavy atom. The standard InChI is InChI=1S/C16H30N2O2/c1-5-20-10-14-6-7-17(4)16(9-14)11-18(12-16)15(19)8-13(2)3/h13-14H,5-12H2,1-4H3/t14-/m0/s1. The van der Waals surface area contributed by atoms with Crippen LogP contribution in [0.2, 0.25) is 0 Å². The van der Waals surface area contributed by atoms with Gasteiger partial charge in [0.15, 0.2) is 0 Å². The van der Waals surface area contributed by atoms with E-state index >= 15 is 0 Å². The van der Waals surface area contributed by atoms with E-state index < -0.39 is 0 Å². The average molecular weight is 282 g/mol. The lowest BCUT2D eigenvalue weighted by molar-refractivity contribution is -0.151. The van der Waals surface area contributed by atoms with Gasteiger partial charge in [0, 0.05) is 32.7 Å². The lowest BCUT2D eigenvalue weighted by atomic mass is 9.75. The Balaban J connectivity index is 1.86. The number of nitrogens with zero attached hydrogens (tertiary/aromatic N) is 2. The largest absolute Gasteiger partial charge is 0.381 e. The highest BCUT2D eigenvalue weighted by molar-refractivity contribution is 5.77. The SMILES string of the molecule is CCOC[C@H]1CCN(C)C2(C1)CN(C(=O)CC(C)C)C2. The van der Waals surface area contributed by atoms with E-state index in [9.17, 15) is 4.79 Å². The molecule has 20 heavy (non-hydrogen) atoms. The Kier molecular flexibility index (Phi) is 5.08. The van der Waals surface area contributed by atoms with Gasteiger partial charge in [-0.25, -0.2) is 0 Å². The van der Waals surface area contributed by atoms with Crippen molar-refractivity contribution in [3.8, 4) is 0 Å². The number of carbonyl (C=O) groups is 1. The highest BCUT2D eigenvalue weighted by Crippen LogP contribution is 2.38. The molecule has 0 aliphatic carbocycles. The van der Waals surface area contributed by atoms with Gasteiger partial charge < -0.3 is 9.64 Å². The first-order valence-corrected chi connectivity index (χ1v) is 8.03. The summed E-state index contributed by atoms with van der Waals surface area (Å²) in [6, 6.07) is 0. The minimum Gasteiger partial charge on any atom is -0.381 e. The van der Waals surface area contributed by atoms with Gasteiger partial charge in [0.25, 0.3) is 0 Å². The van der Waals surface area contributed by atoms with Gasteiger partial charge in [-0.2, -0.15) is 0 Å². The summed E-state index contributed by atoms with van der Waals surface area (Å²) in [6.07, 6.45) is 3.08. The highest BCUT2D eigenvalue weighted by atomic mass is 16.5. The smallest absolute Gasteiger partial charge is 0.222 e. The molecule has 0 aromatic carbocycles. The van der Waals surface area contributed by atoms with Crippen LogP contribution >= 0.6 is 0 Å². The van der Waals surface area contributed by atoms with Gasteiger partial charge in [-0.15, -0.1) is 0 Å². The molecule has 0 radical (unpaired) electrons. The van der Waals surface area contributed by atoms with Crippen molar-refractivity contribution in [2.24, 2.45) is 11.8 Å². The molecule has 4 nitrogen and oxygen atoms in total. The third-order valence-corrected chi connectivity index (χ3v) is 4.81. The van der Waals surface area contributed by atoms with E-state index in [-0.39, 0.29) is 5.54 Å². The average Bonchev–Trinajstić information content (AvgIpc) is 2.34. The monoisotopic (exact) mass is 282 g/mol. The molecule has 0 aromatic heterocycles. The van der Waals surface area contributed by atoms with Crippen LogP contribution in [-0.4, -0.2) is 61.1 Å².